The van der Waals surface area contributed by atoms with E-state index in [-0.39, 0.29) is 19.1 Å². The Kier molecular flexibility index (Phi) is 5.41. The van der Waals surface area contributed by atoms with Crippen molar-refractivity contribution in [3.05, 3.63) is 77.4 Å². The molecule has 0 N–H and O–H groups in total. The van der Waals surface area contributed by atoms with Crippen molar-refractivity contribution in [1.29, 1.82) is 0 Å². The minimum atomic E-state index is -0.0385. The van der Waals surface area contributed by atoms with Gasteiger partial charge in [0.1, 0.15) is 11.3 Å². The summed E-state index contributed by atoms with van der Waals surface area (Å²) in [4.78, 5) is 20.1. The van der Waals surface area contributed by atoms with Crippen molar-refractivity contribution in [1.82, 2.24) is 4.98 Å². The number of aromatic nitrogens is 1. The number of rotatable bonds is 6. The molecule has 2 heterocycles. The molecule has 6 nitrogen and oxygen atoms in total. The Morgan fingerprint density at radius 2 is 1.88 bits per heavy atom. The number of ether oxygens (including phenoxy) is 3. The van der Waals surface area contributed by atoms with Crippen molar-refractivity contribution >= 4 is 32.6 Å². The second-order valence-electron chi connectivity index (χ2n) is 7.59. The molecule has 1 aliphatic rings. The molecule has 1 aliphatic heterocycles. The van der Waals surface area contributed by atoms with Crippen molar-refractivity contribution in [2.75, 3.05) is 18.8 Å². The number of nitrogens with zero attached hydrogens (tertiary/aromatic N) is 2. The number of benzene rings is 3. The van der Waals surface area contributed by atoms with E-state index in [9.17, 15) is 4.79 Å². The molecule has 0 saturated heterocycles. The molecular weight excluding hydrogens is 424 g/mol. The zero-order valence-electron chi connectivity index (χ0n) is 17.8. The molecule has 0 radical (unpaired) electrons. The normalized spacial score (nSPS) is 12.2. The molecule has 0 unspecified atom stereocenters. The van der Waals surface area contributed by atoms with Gasteiger partial charge in [0.15, 0.2) is 16.6 Å². The third-order valence-corrected chi connectivity index (χ3v) is 6.63. The molecule has 5 rings (SSSR count). The first-order chi connectivity index (χ1) is 15.6. The van der Waals surface area contributed by atoms with Gasteiger partial charge in [0, 0.05) is 0 Å². The van der Waals surface area contributed by atoms with Crippen molar-refractivity contribution < 1.29 is 19.0 Å². The van der Waals surface area contributed by atoms with Crippen LogP contribution >= 0.6 is 11.3 Å². The van der Waals surface area contributed by atoms with Crippen LogP contribution in [-0.2, 0) is 17.8 Å². The molecule has 1 aromatic heterocycles. The summed E-state index contributed by atoms with van der Waals surface area (Å²) >= 11 is 1.51. The number of fused-ring (bicyclic) bond motifs is 2. The van der Waals surface area contributed by atoms with Gasteiger partial charge in [-0.1, -0.05) is 53.8 Å². The quantitative estimate of drug-likeness (QED) is 0.412. The Hall–Kier alpha value is -3.58. The molecule has 3 aromatic carbocycles. The second-order valence-corrected chi connectivity index (χ2v) is 8.57. The Morgan fingerprint density at radius 3 is 2.69 bits per heavy atom. The van der Waals surface area contributed by atoms with Gasteiger partial charge in [0.25, 0.3) is 0 Å². The first-order valence-electron chi connectivity index (χ1n) is 10.3. The lowest BCUT2D eigenvalue weighted by Gasteiger charge is -2.20. The molecule has 0 fully saturated rings. The van der Waals surface area contributed by atoms with E-state index in [4.69, 9.17) is 19.2 Å². The van der Waals surface area contributed by atoms with Gasteiger partial charge >= 0.3 is 0 Å². The summed E-state index contributed by atoms with van der Waals surface area (Å²) in [6, 6.07) is 19.5. The molecule has 0 bridgehead atoms. The maximum Gasteiger partial charge on any atom is 0.233 e. The van der Waals surface area contributed by atoms with E-state index in [2.05, 4.69) is 0 Å². The first-order valence-corrected chi connectivity index (χ1v) is 11.1. The highest BCUT2D eigenvalue weighted by atomic mass is 32.1. The van der Waals surface area contributed by atoms with Crippen LogP contribution in [0.3, 0.4) is 0 Å². The highest BCUT2D eigenvalue weighted by Gasteiger charge is 2.23. The molecule has 7 heteroatoms. The maximum atomic E-state index is 13.5. The summed E-state index contributed by atoms with van der Waals surface area (Å²) in [7, 11) is 1.63. The molecule has 4 aromatic rings. The van der Waals surface area contributed by atoms with Crippen LogP contribution in [0.4, 0.5) is 5.13 Å². The summed E-state index contributed by atoms with van der Waals surface area (Å²) in [6.45, 7) is 2.69. The van der Waals surface area contributed by atoms with Gasteiger partial charge in [-0.25, -0.2) is 4.98 Å². The zero-order chi connectivity index (χ0) is 22.1. The Morgan fingerprint density at radius 1 is 1.06 bits per heavy atom. The van der Waals surface area contributed by atoms with Gasteiger partial charge in [-0.05, 0) is 41.8 Å². The number of methoxy groups -OCH3 is 1. The lowest BCUT2D eigenvalue weighted by Crippen LogP contribution is -2.31. The van der Waals surface area contributed by atoms with E-state index in [0.717, 1.165) is 26.9 Å². The van der Waals surface area contributed by atoms with E-state index in [0.29, 0.717) is 28.9 Å². The molecule has 0 spiro atoms. The van der Waals surface area contributed by atoms with Crippen molar-refractivity contribution in [3.8, 4) is 17.2 Å². The van der Waals surface area contributed by atoms with Gasteiger partial charge in [-0.3, -0.25) is 9.69 Å². The number of carbonyl (C=O) groups is 1. The fourth-order valence-electron chi connectivity index (χ4n) is 3.73. The summed E-state index contributed by atoms with van der Waals surface area (Å²) < 4.78 is 17.4. The molecular formula is C25H22N2O4S. The summed E-state index contributed by atoms with van der Waals surface area (Å²) in [5, 5.41) is 0.655. The standard InChI is InChI=1S/C25H22N2O4S/c1-16-8-10-20(29-2)23-24(16)32-25(26-23)27(14-17-6-4-3-5-7-17)22(28)13-18-9-11-19-21(12-18)31-15-30-19/h3-12H,13-15H2,1-2H3. The number of aryl methyl sites for hydroxylation is 1. The number of thiazole rings is 1. The fraction of sp³-hybridized carbons (Fsp3) is 0.200. The lowest BCUT2D eigenvalue weighted by atomic mass is 10.1. The number of hydrogen-bond donors (Lipinski definition) is 0. The van der Waals surface area contributed by atoms with Crippen LogP contribution in [0.1, 0.15) is 16.7 Å². The average molecular weight is 447 g/mol. The molecule has 1 amide bonds. The summed E-state index contributed by atoms with van der Waals surface area (Å²) in [6.07, 6.45) is 0.232. The fourth-order valence-corrected chi connectivity index (χ4v) is 4.80. The third kappa shape index (κ3) is 3.87. The number of hydrogen-bond acceptors (Lipinski definition) is 6. The van der Waals surface area contributed by atoms with Crippen LogP contribution in [0.2, 0.25) is 0 Å². The van der Waals surface area contributed by atoms with Crippen LogP contribution in [0.15, 0.2) is 60.7 Å². The molecule has 0 aliphatic carbocycles. The van der Waals surface area contributed by atoms with Gasteiger partial charge in [0.05, 0.1) is 24.8 Å². The highest BCUT2D eigenvalue weighted by molar-refractivity contribution is 7.22. The van der Waals surface area contributed by atoms with Gasteiger partial charge in [-0.15, -0.1) is 0 Å². The summed E-state index contributed by atoms with van der Waals surface area (Å²) in [5.41, 5.74) is 3.79. The van der Waals surface area contributed by atoms with E-state index in [1.807, 2.05) is 67.6 Å². The smallest absolute Gasteiger partial charge is 0.233 e. The van der Waals surface area contributed by atoms with Gasteiger partial charge in [-0.2, -0.15) is 0 Å². The Bertz CT molecular complexity index is 1290. The van der Waals surface area contributed by atoms with E-state index in [1.54, 1.807) is 12.0 Å². The molecule has 0 atom stereocenters. The predicted octanol–water partition coefficient (Wildman–Crippen LogP) is 5.12. The van der Waals surface area contributed by atoms with E-state index in [1.165, 1.54) is 11.3 Å². The van der Waals surface area contributed by atoms with Crippen LogP contribution < -0.4 is 19.1 Å². The van der Waals surface area contributed by atoms with Crippen LogP contribution in [0.5, 0.6) is 17.2 Å². The number of amides is 1. The molecule has 32 heavy (non-hydrogen) atoms. The minimum absolute atomic E-state index is 0.0385. The third-order valence-electron chi connectivity index (χ3n) is 5.42. The topological polar surface area (TPSA) is 60.9 Å². The monoisotopic (exact) mass is 446 g/mol. The van der Waals surface area contributed by atoms with Crippen molar-refractivity contribution in [3.63, 3.8) is 0 Å². The molecule has 162 valence electrons. The zero-order valence-corrected chi connectivity index (χ0v) is 18.6. The number of carbonyl (C=O) groups excluding carboxylic acids is 1. The Balaban J connectivity index is 1.51. The van der Waals surface area contributed by atoms with Crippen LogP contribution in [-0.4, -0.2) is 24.8 Å². The predicted molar refractivity (Wildman–Crippen MR) is 125 cm³/mol. The minimum Gasteiger partial charge on any atom is -0.494 e. The van der Waals surface area contributed by atoms with Crippen LogP contribution in [0.25, 0.3) is 10.2 Å². The largest absolute Gasteiger partial charge is 0.494 e. The summed E-state index contributed by atoms with van der Waals surface area (Å²) in [5.74, 6) is 2.04. The van der Waals surface area contributed by atoms with Gasteiger partial charge < -0.3 is 14.2 Å². The number of anilines is 1. The van der Waals surface area contributed by atoms with Gasteiger partial charge in [0.2, 0.25) is 12.7 Å². The average Bonchev–Trinajstić information content (AvgIpc) is 3.46. The molecule has 0 saturated carbocycles. The lowest BCUT2D eigenvalue weighted by molar-refractivity contribution is -0.118. The van der Waals surface area contributed by atoms with E-state index < -0.39 is 0 Å². The van der Waals surface area contributed by atoms with Crippen molar-refractivity contribution in [2.45, 2.75) is 19.9 Å². The first kappa shape index (κ1) is 20.3. The SMILES string of the molecule is COc1ccc(C)c2sc(N(Cc3ccccc3)C(=O)Cc3ccc4c(c3)OCO4)nc12. The highest BCUT2D eigenvalue weighted by Crippen LogP contribution is 2.37. The maximum absolute atomic E-state index is 13.5. The second kappa shape index (κ2) is 8.51. The van der Waals surface area contributed by atoms with E-state index >= 15 is 0 Å². The van der Waals surface area contributed by atoms with Crippen molar-refractivity contribution in [2.24, 2.45) is 0 Å². The Labute approximate surface area is 190 Å². The van der Waals surface area contributed by atoms with Crippen LogP contribution in [0, 0.1) is 6.92 Å².